The van der Waals surface area contributed by atoms with Gasteiger partial charge in [0.25, 0.3) is 0 Å². The Morgan fingerprint density at radius 1 is 1.28 bits per heavy atom. The lowest BCUT2D eigenvalue weighted by atomic mass is 10.0. The van der Waals surface area contributed by atoms with Crippen molar-refractivity contribution in [3.63, 3.8) is 0 Å². The first-order chi connectivity index (χ1) is 8.18. The van der Waals surface area contributed by atoms with Crippen LogP contribution in [-0.4, -0.2) is 5.78 Å². The van der Waals surface area contributed by atoms with Crippen LogP contribution >= 0.6 is 11.6 Å². The monoisotopic (exact) mass is 268 g/mol. The summed E-state index contributed by atoms with van der Waals surface area (Å²) in [7, 11) is 0. The van der Waals surface area contributed by atoms with Crippen molar-refractivity contribution in [3.8, 4) is 0 Å². The first kappa shape index (κ1) is 13.5. The molecule has 0 radical (unpaired) electrons. The van der Waals surface area contributed by atoms with E-state index in [4.69, 9.17) is 11.6 Å². The number of rotatable bonds is 3. The van der Waals surface area contributed by atoms with Crippen LogP contribution in [0, 0.1) is 22.6 Å². The quantitative estimate of drug-likeness (QED) is 0.800. The van der Waals surface area contributed by atoms with Gasteiger partial charge in [0.05, 0.1) is 0 Å². The molecule has 1 nitrogen and oxygen atoms in total. The molecule has 2 rings (SSSR count). The summed E-state index contributed by atoms with van der Waals surface area (Å²) in [6, 6.07) is 4.35. The van der Waals surface area contributed by atoms with Crippen molar-refractivity contribution in [2.45, 2.75) is 34.1 Å². The molecule has 0 heterocycles. The number of ketones is 1. The SMILES string of the molecule is CC1(C)C(C(=O)Cc2cc(Cl)ccc2F)C1(C)C. The Morgan fingerprint density at radius 3 is 2.33 bits per heavy atom. The number of hydrogen-bond acceptors (Lipinski definition) is 1. The van der Waals surface area contributed by atoms with Gasteiger partial charge in [0, 0.05) is 17.4 Å². The van der Waals surface area contributed by atoms with E-state index in [1.807, 2.05) is 0 Å². The fourth-order valence-corrected chi connectivity index (χ4v) is 3.16. The maximum Gasteiger partial charge on any atom is 0.141 e. The van der Waals surface area contributed by atoms with Crippen molar-refractivity contribution >= 4 is 17.4 Å². The molecule has 1 aromatic carbocycles. The number of carbonyl (C=O) groups is 1. The van der Waals surface area contributed by atoms with Crippen LogP contribution < -0.4 is 0 Å². The summed E-state index contributed by atoms with van der Waals surface area (Å²) in [5.74, 6) is -0.251. The third-order valence-corrected chi connectivity index (χ3v) is 4.95. The molecule has 0 bridgehead atoms. The van der Waals surface area contributed by atoms with Crippen LogP contribution in [0.1, 0.15) is 33.3 Å². The van der Waals surface area contributed by atoms with Crippen molar-refractivity contribution in [1.29, 1.82) is 0 Å². The second kappa shape index (κ2) is 4.06. The average molecular weight is 269 g/mol. The van der Waals surface area contributed by atoms with Crippen molar-refractivity contribution in [3.05, 3.63) is 34.6 Å². The van der Waals surface area contributed by atoms with Gasteiger partial charge < -0.3 is 0 Å². The second-order valence-corrected chi connectivity index (χ2v) is 6.69. The molecule has 0 aromatic heterocycles. The van der Waals surface area contributed by atoms with Crippen LogP contribution in [0.4, 0.5) is 4.39 Å². The molecule has 0 unspecified atom stereocenters. The third kappa shape index (κ3) is 1.97. The molecule has 98 valence electrons. The van der Waals surface area contributed by atoms with E-state index in [1.165, 1.54) is 18.2 Å². The van der Waals surface area contributed by atoms with Gasteiger partial charge in [-0.3, -0.25) is 4.79 Å². The molecule has 0 saturated heterocycles. The molecule has 0 atom stereocenters. The highest BCUT2D eigenvalue weighted by Crippen LogP contribution is 2.68. The lowest BCUT2D eigenvalue weighted by molar-refractivity contribution is -0.120. The minimum absolute atomic E-state index is 0.000859. The third-order valence-electron chi connectivity index (χ3n) is 4.72. The summed E-state index contributed by atoms with van der Waals surface area (Å²) >= 11 is 5.83. The highest BCUT2D eigenvalue weighted by atomic mass is 35.5. The molecular formula is C15H18ClFO. The highest BCUT2D eigenvalue weighted by molar-refractivity contribution is 6.30. The van der Waals surface area contributed by atoms with E-state index in [0.717, 1.165) is 0 Å². The second-order valence-electron chi connectivity index (χ2n) is 6.26. The zero-order chi connectivity index (χ0) is 13.7. The molecule has 0 aliphatic heterocycles. The number of carbonyl (C=O) groups excluding carboxylic acids is 1. The van der Waals surface area contributed by atoms with Gasteiger partial charge in [-0.1, -0.05) is 39.3 Å². The fourth-order valence-electron chi connectivity index (χ4n) is 2.97. The van der Waals surface area contributed by atoms with Crippen molar-refractivity contribution < 1.29 is 9.18 Å². The maximum absolute atomic E-state index is 13.6. The van der Waals surface area contributed by atoms with Gasteiger partial charge in [-0.05, 0) is 34.6 Å². The summed E-state index contributed by atoms with van der Waals surface area (Å²) in [6.07, 6.45) is 0.129. The molecular weight excluding hydrogens is 251 g/mol. The lowest BCUT2D eigenvalue weighted by Crippen LogP contribution is -2.11. The van der Waals surface area contributed by atoms with Crippen LogP contribution in [-0.2, 0) is 11.2 Å². The Balaban J connectivity index is 2.17. The van der Waals surface area contributed by atoms with E-state index in [9.17, 15) is 9.18 Å². The Hall–Kier alpha value is -0.890. The largest absolute Gasteiger partial charge is 0.299 e. The van der Waals surface area contributed by atoms with Gasteiger partial charge >= 0.3 is 0 Å². The molecule has 0 amide bonds. The standard InChI is InChI=1S/C15H18ClFO/c1-14(2)13(15(14,3)4)12(18)8-9-7-10(16)5-6-11(9)17/h5-7,13H,8H2,1-4H3. The van der Waals surface area contributed by atoms with Gasteiger partial charge in [-0.25, -0.2) is 4.39 Å². The molecule has 0 spiro atoms. The van der Waals surface area contributed by atoms with Gasteiger partial charge in [0.1, 0.15) is 11.6 Å². The molecule has 18 heavy (non-hydrogen) atoms. The number of hydrogen-bond donors (Lipinski definition) is 0. The Labute approximate surface area is 112 Å². The molecule has 1 aromatic rings. The summed E-state index contributed by atoms with van der Waals surface area (Å²) in [6.45, 7) is 8.35. The van der Waals surface area contributed by atoms with E-state index in [0.29, 0.717) is 10.6 Å². The minimum atomic E-state index is -0.357. The van der Waals surface area contributed by atoms with Gasteiger partial charge in [0.2, 0.25) is 0 Å². The lowest BCUT2D eigenvalue weighted by Gasteiger charge is -2.05. The van der Waals surface area contributed by atoms with Gasteiger partial charge in [-0.2, -0.15) is 0 Å². The summed E-state index contributed by atoms with van der Waals surface area (Å²) in [4.78, 5) is 12.3. The zero-order valence-electron chi connectivity index (χ0n) is 11.2. The Bertz CT molecular complexity index is 491. The average Bonchev–Trinajstić information content (AvgIpc) is 2.63. The highest BCUT2D eigenvalue weighted by Gasteiger charge is 2.67. The maximum atomic E-state index is 13.6. The summed E-state index contributed by atoms with van der Waals surface area (Å²) in [5, 5.41) is 0.466. The van der Waals surface area contributed by atoms with E-state index in [-0.39, 0.29) is 34.8 Å². The van der Waals surface area contributed by atoms with E-state index in [1.54, 1.807) is 0 Å². The number of halogens is 2. The molecule has 3 heteroatoms. The summed E-state index contributed by atoms with van der Waals surface area (Å²) < 4.78 is 13.6. The molecule has 1 aliphatic rings. The van der Waals surface area contributed by atoms with E-state index < -0.39 is 0 Å². The zero-order valence-corrected chi connectivity index (χ0v) is 11.9. The normalized spacial score (nSPS) is 20.8. The smallest absolute Gasteiger partial charge is 0.141 e. The van der Waals surface area contributed by atoms with Crippen LogP contribution in [0.25, 0.3) is 0 Å². The van der Waals surface area contributed by atoms with Crippen LogP contribution in [0.5, 0.6) is 0 Å². The predicted molar refractivity (Wildman–Crippen MR) is 71.2 cm³/mol. The minimum Gasteiger partial charge on any atom is -0.299 e. The van der Waals surface area contributed by atoms with Crippen LogP contribution in [0.15, 0.2) is 18.2 Å². The van der Waals surface area contributed by atoms with Crippen molar-refractivity contribution in [2.75, 3.05) is 0 Å². The van der Waals surface area contributed by atoms with Crippen LogP contribution in [0.3, 0.4) is 0 Å². The van der Waals surface area contributed by atoms with Gasteiger partial charge in [-0.15, -0.1) is 0 Å². The first-order valence-electron chi connectivity index (χ1n) is 6.14. The van der Waals surface area contributed by atoms with Gasteiger partial charge in [0.15, 0.2) is 0 Å². The fraction of sp³-hybridized carbons (Fsp3) is 0.533. The molecule has 1 fully saturated rings. The molecule has 1 saturated carbocycles. The Kier molecular flexibility index (Phi) is 3.05. The summed E-state index contributed by atoms with van der Waals surface area (Å²) in [5.41, 5.74) is 0.393. The van der Waals surface area contributed by atoms with E-state index in [2.05, 4.69) is 27.7 Å². The van der Waals surface area contributed by atoms with Crippen molar-refractivity contribution in [1.82, 2.24) is 0 Å². The topological polar surface area (TPSA) is 17.1 Å². The van der Waals surface area contributed by atoms with E-state index >= 15 is 0 Å². The molecule has 0 N–H and O–H groups in total. The van der Waals surface area contributed by atoms with Crippen molar-refractivity contribution in [2.24, 2.45) is 16.7 Å². The number of Topliss-reactive ketones (excluding diaryl/α,β-unsaturated/α-hetero) is 1. The predicted octanol–water partition coefficient (Wildman–Crippen LogP) is 4.27. The Morgan fingerprint density at radius 2 is 1.83 bits per heavy atom. The van der Waals surface area contributed by atoms with Crippen LogP contribution in [0.2, 0.25) is 5.02 Å². The number of benzene rings is 1. The first-order valence-corrected chi connectivity index (χ1v) is 6.52. The molecule has 1 aliphatic carbocycles.